The highest BCUT2D eigenvalue weighted by Gasteiger charge is 2.13. The molecule has 0 atom stereocenters. The van der Waals surface area contributed by atoms with Crippen LogP contribution in [-0.4, -0.2) is 34.3 Å². The Labute approximate surface area is 115 Å². The van der Waals surface area contributed by atoms with Gasteiger partial charge in [-0.25, -0.2) is 0 Å². The zero-order valence-electron chi connectivity index (χ0n) is 10.6. The molecule has 7 nitrogen and oxygen atoms in total. The molecule has 0 unspecified atom stereocenters. The first-order valence-corrected chi connectivity index (χ1v) is 6.09. The first-order valence-electron chi connectivity index (χ1n) is 5.71. The summed E-state index contributed by atoms with van der Waals surface area (Å²) in [6, 6.07) is 3.52. The van der Waals surface area contributed by atoms with E-state index in [4.69, 9.17) is 21.1 Å². The lowest BCUT2D eigenvalue weighted by Gasteiger charge is -2.14. The van der Waals surface area contributed by atoms with Crippen molar-refractivity contribution in [1.29, 1.82) is 0 Å². The summed E-state index contributed by atoms with van der Waals surface area (Å²) in [4.78, 5) is 0. The van der Waals surface area contributed by atoms with Crippen molar-refractivity contribution in [3.63, 3.8) is 0 Å². The smallest absolute Gasteiger partial charge is 0.263 e. The molecule has 0 aliphatic heterocycles. The second kappa shape index (κ2) is 6.24. The van der Waals surface area contributed by atoms with E-state index in [2.05, 4.69) is 25.9 Å². The minimum atomic E-state index is 0.404. The number of rotatable bonds is 6. The summed E-state index contributed by atoms with van der Waals surface area (Å²) in [6.07, 6.45) is 0. The standard InChI is InChI=1S/C11H14ClN5O2/c1-3-19-10-7(4-8(12)5-9(10)18-2)6-13-11-14-16-17-15-11/h4-5H,3,6H2,1-2H3,(H2,13,14,15,16,17). The van der Waals surface area contributed by atoms with Crippen LogP contribution < -0.4 is 14.8 Å². The highest BCUT2D eigenvalue weighted by molar-refractivity contribution is 6.30. The lowest BCUT2D eigenvalue weighted by molar-refractivity contribution is 0.308. The number of tetrazole rings is 1. The van der Waals surface area contributed by atoms with Crippen molar-refractivity contribution in [1.82, 2.24) is 20.6 Å². The number of aromatic amines is 1. The van der Waals surface area contributed by atoms with Crippen molar-refractivity contribution >= 4 is 17.5 Å². The number of hydrogen-bond acceptors (Lipinski definition) is 6. The Bertz CT molecular complexity index is 532. The third-order valence-electron chi connectivity index (χ3n) is 2.39. The fourth-order valence-corrected chi connectivity index (χ4v) is 1.86. The Balaban J connectivity index is 2.23. The molecule has 0 spiro atoms. The van der Waals surface area contributed by atoms with Gasteiger partial charge >= 0.3 is 0 Å². The molecular weight excluding hydrogens is 270 g/mol. The molecule has 0 aliphatic carbocycles. The average Bonchev–Trinajstić information content (AvgIpc) is 2.91. The molecule has 0 fully saturated rings. The number of H-pyrrole nitrogens is 1. The minimum Gasteiger partial charge on any atom is -0.493 e. The van der Waals surface area contributed by atoms with Gasteiger partial charge in [0.25, 0.3) is 5.95 Å². The predicted octanol–water partition coefficient (Wildman–Crippen LogP) is 1.87. The molecule has 0 amide bonds. The molecule has 1 heterocycles. The van der Waals surface area contributed by atoms with E-state index in [0.29, 0.717) is 35.6 Å². The number of anilines is 1. The molecular formula is C11H14ClN5O2. The van der Waals surface area contributed by atoms with E-state index >= 15 is 0 Å². The summed E-state index contributed by atoms with van der Waals surface area (Å²) < 4.78 is 10.9. The Morgan fingerprint density at radius 3 is 2.89 bits per heavy atom. The van der Waals surface area contributed by atoms with Crippen LogP contribution in [-0.2, 0) is 6.54 Å². The van der Waals surface area contributed by atoms with Crippen LogP contribution in [0.4, 0.5) is 5.95 Å². The molecule has 102 valence electrons. The van der Waals surface area contributed by atoms with Gasteiger partial charge in [0.1, 0.15) is 0 Å². The summed E-state index contributed by atoms with van der Waals surface area (Å²) >= 11 is 6.05. The quantitative estimate of drug-likeness (QED) is 0.842. The van der Waals surface area contributed by atoms with Gasteiger partial charge in [-0.15, -0.1) is 5.10 Å². The Kier molecular flexibility index (Phi) is 4.40. The maximum atomic E-state index is 6.05. The van der Waals surface area contributed by atoms with Crippen molar-refractivity contribution < 1.29 is 9.47 Å². The van der Waals surface area contributed by atoms with Gasteiger partial charge in [0.05, 0.1) is 13.7 Å². The zero-order valence-corrected chi connectivity index (χ0v) is 11.4. The molecule has 2 N–H and O–H groups in total. The van der Waals surface area contributed by atoms with Crippen LogP contribution in [0, 0.1) is 0 Å². The Morgan fingerprint density at radius 2 is 2.26 bits per heavy atom. The Morgan fingerprint density at radius 1 is 1.42 bits per heavy atom. The van der Waals surface area contributed by atoms with Crippen LogP contribution in [0.25, 0.3) is 0 Å². The molecule has 0 bridgehead atoms. The van der Waals surface area contributed by atoms with E-state index in [-0.39, 0.29) is 0 Å². The van der Waals surface area contributed by atoms with Crippen LogP contribution in [0.3, 0.4) is 0 Å². The summed E-state index contributed by atoms with van der Waals surface area (Å²) in [6.45, 7) is 2.89. The maximum absolute atomic E-state index is 6.05. The van der Waals surface area contributed by atoms with E-state index in [9.17, 15) is 0 Å². The molecule has 0 aliphatic rings. The van der Waals surface area contributed by atoms with E-state index in [1.807, 2.05) is 13.0 Å². The van der Waals surface area contributed by atoms with E-state index in [1.165, 1.54) is 0 Å². The fraction of sp³-hybridized carbons (Fsp3) is 0.364. The predicted molar refractivity (Wildman–Crippen MR) is 70.7 cm³/mol. The molecule has 2 aromatic rings. The van der Waals surface area contributed by atoms with Crippen LogP contribution in [0.15, 0.2) is 12.1 Å². The largest absolute Gasteiger partial charge is 0.493 e. The monoisotopic (exact) mass is 283 g/mol. The molecule has 1 aromatic carbocycles. The molecule has 19 heavy (non-hydrogen) atoms. The molecule has 1 aromatic heterocycles. The number of nitrogens with one attached hydrogen (secondary N) is 2. The number of nitrogens with zero attached hydrogens (tertiary/aromatic N) is 3. The van der Waals surface area contributed by atoms with Crippen molar-refractivity contribution in [3.8, 4) is 11.5 Å². The van der Waals surface area contributed by atoms with E-state index < -0.39 is 0 Å². The van der Waals surface area contributed by atoms with Crippen molar-refractivity contribution in [3.05, 3.63) is 22.7 Å². The highest BCUT2D eigenvalue weighted by Crippen LogP contribution is 2.35. The third-order valence-corrected chi connectivity index (χ3v) is 2.61. The molecule has 2 rings (SSSR count). The van der Waals surface area contributed by atoms with Gasteiger partial charge in [-0.2, -0.15) is 5.21 Å². The van der Waals surface area contributed by atoms with Gasteiger partial charge in [0.2, 0.25) is 0 Å². The molecule has 0 radical (unpaired) electrons. The van der Waals surface area contributed by atoms with E-state index in [0.717, 1.165) is 5.56 Å². The molecule has 0 saturated heterocycles. The number of benzene rings is 1. The van der Waals surface area contributed by atoms with Crippen LogP contribution in [0.5, 0.6) is 11.5 Å². The van der Waals surface area contributed by atoms with Gasteiger partial charge in [-0.1, -0.05) is 16.7 Å². The summed E-state index contributed by atoms with van der Waals surface area (Å²) in [7, 11) is 1.57. The van der Waals surface area contributed by atoms with Crippen LogP contribution in [0.2, 0.25) is 5.02 Å². The van der Waals surface area contributed by atoms with Crippen molar-refractivity contribution in [2.24, 2.45) is 0 Å². The highest BCUT2D eigenvalue weighted by atomic mass is 35.5. The second-order valence-electron chi connectivity index (χ2n) is 3.62. The van der Waals surface area contributed by atoms with Gasteiger partial charge in [-0.05, 0) is 18.2 Å². The van der Waals surface area contributed by atoms with Crippen molar-refractivity contribution in [2.75, 3.05) is 19.0 Å². The normalized spacial score (nSPS) is 10.3. The SMILES string of the molecule is CCOc1c(CNc2nn[nH]n2)cc(Cl)cc1OC. The first-order chi connectivity index (χ1) is 9.24. The summed E-state index contributed by atoms with van der Waals surface area (Å²) in [5, 5.41) is 17.0. The molecule has 0 saturated carbocycles. The summed E-state index contributed by atoms with van der Waals surface area (Å²) in [5.41, 5.74) is 0.857. The van der Waals surface area contributed by atoms with Crippen LogP contribution in [0.1, 0.15) is 12.5 Å². The fourth-order valence-electron chi connectivity index (χ4n) is 1.62. The summed E-state index contributed by atoms with van der Waals surface area (Å²) in [5.74, 6) is 1.66. The first kappa shape index (κ1) is 13.4. The number of ether oxygens (including phenoxy) is 2. The van der Waals surface area contributed by atoms with Gasteiger partial charge in [0, 0.05) is 23.2 Å². The van der Waals surface area contributed by atoms with Gasteiger partial charge < -0.3 is 14.8 Å². The zero-order chi connectivity index (χ0) is 13.7. The number of hydrogen-bond donors (Lipinski definition) is 2. The lowest BCUT2D eigenvalue weighted by Crippen LogP contribution is -2.06. The number of aromatic nitrogens is 4. The van der Waals surface area contributed by atoms with Crippen molar-refractivity contribution in [2.45, 2.75) is 13.5 Å². The lowest BCUT2D eigenvalue weighted by atomic mass is 10.2. The topological polar surface area (TPSA) is 85.0 Å². The van der Waals surface area contributed by atoms with Gasteiger partial charge in [-0.3, -0.25) is 0 Å². The maximum Gasteiger partial charge on any atom is 0.263 e. The number of methoxy groups -OCH3 is 1. The third kappa shape index (κ3) is 3.25. The number of halogens is 1. The second-order valence-corrected chi connectivity index (χ2v) is 4.05. The minimum absolute atomic E-state index is 0.404. The Hall–Kier alpha value is -2.02. The van der Waals surface area contributed by atoms with Gasteiger partial charge in [0.15, 0.2) is 11.5 Å². The van der Waals surface area contributed by atoms with Crippen LogP contribution >= 0.6 is 11.6 Å². The molecule has 8 heteroatoms. The van der Waals surface area contributed by atoms with E-state index in [1.54, 1.807) is 13.2 Å². The average molecular weight is 284 g/mol.